The maximum atomic E-state index is 12.3. The standard InChI is InChI=1S/C19H28O2/c1-4-7-14-17(15-16-12-9-8-10-13-16)18(11-5-2)19(20)21-6-3/h8-10,12-13,15,18H,4-7,11,14H2,1-3H3/b17-15+. The Hall–Kier alpha value is -1.57. The van der Waals surface area contributed by atoms with Crippen LogP contribution < -0.4 is 0 Å². The molecule has 0 saturated carbocycles. The van der Waals surface area contributed by atoms with Crippen molar-refractivity contribution in [2.24, 2.45) is 5.92 Å². The number of unbranched alkanes of at least 4 members (excludes halogenated alkanes) is 1. The van der Waals surface area contributed by atoms with Crippen LogP contribution in [0.2, 0.25) is 0 Å². The molecule has 1 rings (SSSR count). The van der Waals surface area contributed by atoms with E-state index in [2.05, 4.69) is 32.1 Å². The molecule has 1 aromatic carbocycles. The van der Waals surface area contributed by atoms with Crippen LogP contribution in [0.1, 0.15) is 58.4 Å². The van der Waals surface area contributed by atoms with E-state index in [1.165, 1.54) is 5.57 Å². The highest BCUT2D eigenvalue weighted by Gasteiger charge is 2.22. The van der Waals surface area contributed by atoms with Crippen LogP contribution in [0.3, 0.4) is 0 Å². The summed E-state index contributed by atoms with van der Waals surface area (Å²) in [4.78, 5) is 12.3. The summed E-state index contributed by atoms with van der Waals surface area (Å²) in [6.45, 7) is 6.62. The largest absolute Gasteiger partial charge is 0.466 e. The maximum Gasteiger partial charge on any atom is 0.313 e. The van der Waals surface area contributed by atoms with E-state index in [1.54, 1.807) is 0 Å². The number of benzene rings is 1. The third-order valence-electron chi connectivity index (χ3n) is 3.57. The Morgan fingerprint density at radius 1 is 1.14 bits per heavy atom. The van der Waals surface area contributed by atoms with Gasteiger partial charge in [0.15, 0.2) is 0 Å². The van der Waals surface area contributed by atoms with Gasteiger partial charge >= 0.3 is 5.97 Å². The Morgan fingerprint density at radius 2 is 1.86 bits per heavy atom. The molecule has 2 heteroatoms. The van der Waals surface area contributed by atoms with E-state index >= 15 is 0 Å². The number of carbonyl (C=O) groups is 1. The van der Waals surface area contributed by atoms with E-state index in [4.69, 9.17) is 4.74 Å². The molecule has 0 N–H and O–H groups in total. The average Bonchev–Trinajstić information content (AvgIpc) is 2.50. The van der Waals surface area contributed by atoms with E-state index < -0.39 is 0 Å². The topological polar surface area (TPSA) is 26.3 Å². The molecule has 0 aromatic heterocycles. The fraction of sp³-hybridized carbons (Fsp3) is 0.526. The van der Waals surface area contributed by atoms with Crippen molar-refractivity contribution in [2.45, 2.75) is 52.9 Å². The van der Waals surface area contributed by atoms with Crippen LogP contribution >= 0.6 is 0 Å². The van der Waals surface area contributed by atoms with Gasteiger partial charge in [0.05, 0.1) is 12.5 Å². The lowest BCUT2D eigenvalue weighted by molar-refractivity contribution is -0.146. The van der Waals surface area contributed by atoms with Crippen molar-refractivity contribution in [2.75, 3.05) is 6.61 Å². The zero-order valence-electron chi connectivity index (χ0n) is 13.6. The molecule has 2 nitrogen and oxygen atoms in total. The fourth-order valence-electron chi connectivity index (χ4n) is 2.48. The molecule has 0 bridgehead atoms. The van der Waals surface area contributed by atoms with Gasteiger partial charge in [0.2, 0.25) is 0 Å². The van der Waals surface area contributed by atoms with Crippen molar-refractivity contribution in [3.63, 3.8) is 0 Å². The van der Waals surface area contributed by atoms with Crippen LogP contribution in [0, 0.1) is 5.92 Å². The first kappa shape index (κ1) is 17.5. The lowest BCUT2D eigenvalue weighted by Gasteiger charge is -2.19. The molecule has 0 aliphatic heterocycles. The molecule has 0 amide bonds. The molecular weight excluding hydrogens is 260 g/mol. The van der Waals surface area contributed by atoms with Crippen LogP contribution in [-0.4, -0.2) is 12.6 Å². The normalized spacial score (nSPS) is 13.0. The highest BCUT2D eigenvalue weighted by Crippen LogP contribution is 2.26. The van der Waals surface area contributed by atoms with Crippen molar-refractivity contribution in [3.05, 3.63) is 41.5 Å². The van der Waals surface area contributed by atoms with Gasteiger partial charge in [-0.15, -0.1) is 0 Å². The lowest BCUT2D eigenvalue weighted by atomic mass is 9.89. The van der Waals surface area contributed by atoms with Gasteiger partial charge in [-0.1, -0.05) is 68.7 Å². The first-order valence-corrected chi connectivity index (χ1v) is 8.15. The predicted molar refractivity (Wildman–Crippen MR) is 89.0 cm³/mol. The van der Waals surface area contributed by atoms with E-state index in [0.29, 0.717) is 6.61 Å². The molecule has 0 radical (unpaired) electrons. The molecule has 1 aromatic rings. The number of carbonyl (C=O) groups excluding carboxylic acids is 1. The summed E-state index contributed by atoms with van der Waals surface area (Å²) in [5.41, 5.74) is 2.37. The van der Waals surface area contributed by atoms with Gasteiger partial charge in [-0.3, -0.25) is 4.79 Å². The molecule has 0 spiro atoms. The maximum absolute atomic E-state index is 12.3. The summed E-state index contributed by atoms with van der Waals surface area (Å²) in [5.74, 6) is -0.167. The van der Waals surface area contributed by atoms with Crippen LogP contribution in [0.15, 0.2) is 35.9 Å². The summed E-state index contributed by atoms with van der Waals surface area (Å²) >= 11 is 0. The van der Waals surface area contributed by atoms with E-state index in [1.807, 2.05) is 25.1 Å². The van der Waals surface area contributed by atoms with E-state index in [0.717, 1.165) is 37.7 Å². The molecule has 0 fully saturated rings. The summed E-state index contributed by atoms with van der Waals surface area (Å²) in [5, 5.41) is 0. The van der Waals surface area contributed by atoms with Gasteiger partial charge in [0.25, 0.3) is 0 Å². The number of rotatable bonds is 9. The zero-order chi connectivity index (χ0) is 15.5. The van der Waals surface area contributed by atoms with Crippen molar-refractivity contribution < 1.29 is 9.53 Å². The second-order valence-electron chi connectivity index (χ2n) is 5.33. The molecule has 0 aliphatic carbocycles. The third-order valence-corrected chi connectivity index (χ3v) is 3.57. The minimum Gasteiger partial charge on any atom is -0.466 e. The molecule has 116 valence electrons. The molecular formula is C19H28O2. The first-order valence-electron chi connectivity index (χ1n) is 8.15. The Balaban J connectivity index is 3.01. The molecule has 1 unspecified atom stereocenters. The second kappa shape index (κ2) is 10.2. The number of esters is 1. The van der Waals surface area contributed by atoms with Crippen LogP contribution in [-0.2, 0) is 9.53 Å². The predicted octanol–water partition coefficient (Wildman–Crippen LogP) is 5.24. The molecule has 21 heavy (non-hydrogen) atoms. The van der Waals surface area contributed by atoms with Crippen LogP contribution in [0.5, 0.6) is 0 Å². The molecule has 0 aliphatic rings. The Bertz CT molecular complexity index is 434. The summed E-state index contributed by atoms with van der Waals surface area (Å²) in [7, 11) is 0. The van der Waals surface area contributed by atoms with Gasteiger partial charge in [-0.2, -0.15) is 0 Å². The van der Waals surface area contributed by atoms with Gasteiger partial charge in [-0.25, -0.2) is 0 Å². The zero-order valence-corrected chi connectivity index (χ0v) is 13.6. The van der Waals surface area contributed by atoms with Gasteiger partial charge < -0.3 is 4.74 Å². The summed E-state index contributed by atoms with van der Waals surface area (Å²) in [6, 6.07) is 10.2. The minimum atomic E-state index is -0.0956. The number of hydrogen-bond acceptors (Lipinski definition) is 2. The average molecular weight is 288 g/mol. The second-order valence-corrected chi connectivity index (χ2v) is 5.33. The summed E-state index contributed by atoms with van der Waals surface area (Å²) in [6.07, 6.45) is 7.23. The van der Waals surface area contributed by atoms with E-state index in [-0.39, 0.29) is 11.9 Å². The van der Waals surface area contributed by atoms with Gasteiger partial charge in [-0.05, 0) is 31.7 Å². The highest BCUT2D eigenvalue weighted by atomic mass is 16.5. The third kappa shape index (κ3) is 6.16. The van der Waals surface area contributed by atoms with Crippen LogP contribution in [0.25, 0.3) is 6.08 Å². The number of ether oxygens (including phenoxy) is 1. The van der Waals surface area contributed by atoms with Gasteiger partial charge in [0.1, 0.15) is 0 Å². The Kier molecular flexibility index (Phi) is 8.49. The number of hydrogen-bond donors (Lipinski definition) is 0. The van der Waals surface area contributed by atoms with Crippen LogP contribution in [0.4, 0.5) is 0 Å². The van der Waals surface area contributed by atoms with Gasteiger partial charge in [0, 0.05) is 0 Å². The molecule has 1 atom stereocenters. The molecule has 0 heterocycles. The monoisotopic (exact) mass is 288 g/mol. The Morgan fingerprint density at radius 3 is 2.43 bits per heavy atom. The van der Waals surface area contributed by atoms with Crippen molar-refractivity contribution in [1.82, 2.24) is 0 Å². The summed E-state index contributed by atoms with van der Waals surface area (Å²) < 4.78 is 5.28. The SMILES string of the molecule is CCCC/C(=C\c1ccccc1)C(CCC)C(=O)OCC. The van der Waals surface area contributed by atoms with E-state index in [9.17, 15) is 4.79 Å². The minimum absolute atomic E-state index is 0.0716. The van der Waals surface area contributed by atoms with Crippen molar-refractivity contribution >= 4 is 12.0 Å². The highest BCUT2D eigenvalue weighted by molar-refractivity contribution is 5.78. The molecule has 0 saturated heterocycles. The first-order chi connectivity index (χ1) is 10.2. The van der Waals surface area contributed by atoms with Crippen molar-refractivity contribution in [3.8, 4) is 0 Å². The lowest BCUT2D eigenvalue weighted by Crippen LogP contribution is -2.20. The smallest absolute Gasteiger partial charge is 0.313 e. The quantitative estimate of drug-likeness (QED) is 0.581. The fourth-order valence-corrected chi connectivity index (χ4v) is 2.48. The Labute approximate surface area is 129 Å². The van der Waals surface area contributed by atoms with Crippen molar-refractivity contribution in [1.29, 1.82) is 0 Å².